The Labute approximate surface area is 251 Å². The first-order valence-corrected chi connectivity index (χ1v) is 15.4. The number of alkyl halides is 1. The van der Waals surface area contributed by atoms with Crippen LogP contribution in [0.25, 0.3) is 0 Å². The molecule has 7 rings (SSSR count). The van der Waals surface area contributed by atoms with E-state index in [-0.39, 0.29) is 18.1 Å². The lowest BCUT2D eigenvalue weighted by Crippen LogP contribution is -2.69. The molecule has 0 amide bonds. The van der Waals surface area contributed by atoms with E-state index in [0.717, 1.165) is 17.5 Å². The van der Waals surface area contributed by atoms with Gasteiger partial charge in [0.05, 0.1) is 12.2 Å². The minimum atomic E-state index is -2.02. The molecule has 1 saturated heterocycles. The Morgan fingerprint density at radius 2 is 1.86 bits per heavy atom. The number of halogens is 1. The summed E-state index contributed by atoms with van der Waals surface area (Å²) >= 11 is 0. The van der Waals surface area contributed by atoms with Gasteiger partial charge in [-0.2, -0.15) is 0 Å². The van der Waals surface area contributed by atoms with Crippen LogP contribution >= 0.6 is 0 Å². The normalized spacial score (nSPS) is 41.2. The van der Waals surface area contributed by atoms with Crippen molar-refractivity contribution in [2.24, 2.45) is 22.7 Å². The van der Waals surface area contributed by atoms with E-state index in [2.05, 4.69) is 31.2 Å². The van der Waals surface area contributed by atoms with Crippen LogP contribution in [-0.4, -0.2) is 51.9 Å². The third kappa shape index (κ3) is 3.84. The van der Waals surface area contributed by atoms with Crippen molar-refractivity contribution in [2.75, 3.05) is 6.61 Å². The molecule has 0 unspecified atom stereocenters. The van der Waals surface area contributed by atoms with Crippen molar-refractivity contribution in [1.82, 2.24) is 0 Å². The van der Waals surface area contributed by atoms with E-state index < -0.39 is 58.9 Å². The van der Waals surface area contributed by atoms with Crippen LogP contribution in [0.15, 0.2) is 72.3 Å². The van der Waals surface area contributed by atoms with Gasteiger partial charge in [-0.3, -0.25) is 9.59 Å². The number of carbonyl (C=O) groups is 2. The van der Waals surface area contributed by atoms with Crippen molar-refractivity contribution >= 4 is 11.6 Å². The maximum Gasteiger partial charge on any atom is 0.193 e. The molecule has 4 fully saturated rings. The molecule has 7 heteroatoms. The molecule has 0 aromatic heterocycles. The summed E-state index contributed by atoms with van der Waals surface area (Å²) in [5, 5.41) is 21.9. The number of rotatable bonds is 5. The number of allylic oxidation sites excluding steroid dienone is 4. The molecule has 1 aliphatic heterocycles. The van der Waals surface area contributed by atoms with Crippen molar-refractivity contribution in [3.8, 4) is 0 Å². The Morgan fingerprint density at radius 3 is 2.58 bits per heavy atom. The minimum Gasteiger partial charge on any atom is -0.390 e. The number of hydrogen-bond donors (Lipinski definition) is 2. The van der Waals surface area contributed by atoms with Gasteiger partial charge in [-0.1, -0.05) is 72.7 Å². The second-order valence-corrected chi connectivity index (χ2v) is 13.8. The summed E-state index contributed by atoms with van der Waals surface area (Å²) in [4.78, 5) is 25.9. The highest BCUT2D eigenvalue weighted by atomic mass is 19.1. The molecule has 1 heterocycles. The van der Waals surface area contributed by atoms with Crippen molar-refractivity contribution in [2.45, 2.75) is 82.6 Å². The zero-order valence-electron chi connectivity index (χ0n) is 24.9. The molecule has 0 bridgehead atoms. The number of aliphatic hydroxyl groups is 2. The largest absolute Gasteiger partial charge is 0.390 e. The summed E-state index contributed by atoms with van der Waals surface area (Å²) in [6, 6.07) is 16.3. The number of carbonyl (C=O) groups excluding carboxylic acids is 2. The lowest BCUT2D eigenvalue weighted by molar-refractivity contribution is -0.231. The molecule has 226 valence electrons. The number of Topliss-reactive ketones (excluding diaryl/α,β-unsaturated/α-hetero) is 1. The number of aliphatic hydroxyl groups excluding tert-OH is 2. The lowest BCUT2D eigenvalue weighted by Gasteiger charge is -2.62. The van der Waals surface area contributed by atoms with Crippen molar-refractivity contribution in [3.05, 3.63) is 94.6 Å². The molecule has 2 aromatic rings. The van der Waals surface area contributed by atoms with E-state index in [1.165, 1.54) is 23.3 Å². The van der Waals surface area contributed by atoms with Gasteiger partial charge in [0.25, 0.3) is 0 Å². The molecule has 2 N–H and O–H groups in total. The smallest absolute Gasteiger partial charge is 0.193 e. The number of benzene rings is 2. The zero-order valence-corrected chi connectivity index (χ0v) is 24.9. The van der Waals surface area contributed by atoms with Crippen LogP contribution in [0.4, 0.5) is 4.39 Å². The third-order valence-electron chi connectivity index (χ3n) is 11.7. The molecule has 5 aliphatic rings. The maximum absolute atomic E-state index is 17.5. The van der Waals surface area contributed by atoms with Gasteiger partial charge in [0.2, 0.25) is 0 Å². The standard InChI is InChI=1S/C36H39FO6/c1-21-5-4-6-23(15-21)16-22-7-9-24(10-8-22)32-42-31-18-28-27-12-11-25-17-26(39)13-14-33(25,2)35(27,37)29(40)19-34(28,3)36(31,43-32)30(41)20-38/h4-10,13-15,17,27-29,31-32,38,40H,11-12,16,18-20H2,1-3H3/t27-,28-,29-,31+,32+,33-,34-,35-,36+/m0/s1. The summed E-state index contributed by atoms with van der Waals surface area (Å²) in [6.07, 6.45) is 3.73. The van der Waals surface area contributed by atoms with Crippen molar-refractivity contribution in [3.63, 3.8) is 0 Å². The summed E-state index contributed by atoms with van der Waals surface area (Å²) < 4.78 is 30.7. The van der Waals surface area contributed by atoms with Gasteiger partial charge in [0, 0.05) is 22.3 Å². The van der Waals surface area contributed by atoms with Crippen LogP contribution in [0.1, 0.15) is 68.1 Å². The average molecular weight is 587 g/mol. The lowest BCUT2D eigenvalue weighted by atomic mass is 9.44. The average Bonchev–Trinajstić information content (AvgIpc) is 3.47. The van der Waals surface area contributed by atoms with E-state index >= 15 is 4.39 Å². The van der Waals surface area contributed by atoms with Gasteiger partial charge in [-0.05, 0) is 75.1 Å². The van der Waals surface area contributed by atoms with Crippen molar-refractivity contribution < 1.29 is 33.7 Å². The van der Waals surface area contributed by atoms with Gasteiger partial charge >= 0.3 is 0 Å². The summed E-state index contributed by atoms with van der Waals surface area (Å²) in [5.74, 6) is -1.57. The van der Waals surface area contributed by atoms with Gasteiger partial charge in [0.1, 0.15) is 6.61 Å². The number of ketones is 2. The molecule has 0 spiro atoms. The SMILES string of the molecule is Cc1cccc(Cc2ccc([C@@H]3O[C@@H]4C[C@H]5[C@@H]6CCC7=CC(=O)C=C[C@]7(C)[C@@]6(F)[C@@H](O)C[C@]5(C)[C@]4(C(=O)CO)O3)cc2)c1. The first kappa shape index (κ1) is 28.8. The van der Waals surface area contributed by atoms with E-state index in [1.54, 1.807) is 13.0 Å². The number of hydrogen-bond acceptors (Lipinski definition) is 6. The number of ether oxygens (including phenoxy) is 2. The van der Waals surface area contributed by atoms with Crippen LogP contribution < -0.4 is 0 Å². The molecular formula is C36H39FO6. The van der Waals surface area contributed by atoms with Crippen LogP contribution in [-0.2, 0) is 25.5 Å². The van der Waals surface area contributed by atoms with Crippen LogP contribution in [0.2, 0.25) is 0 Å². The fraction of sp³-hybridized carbons (Fsp3) is 0.500. The highest BCUT2D eigenvalue weighted by molar-refractivity contribution is 6.01. The number of fused-ring (bicyclic) bond motifs is 7. The topological polar surface area (TPSA) is 93.1 Å². The van der Waals surface area contributed by atoms with Crippen LogP contribution in [0.5, 0.6) is 0 Å². The molecule has 6 nitrogen and oxygen atoms in total. The highest BCUT2D eigenvalue weighted by Gasteiger charge is 2.79. The van der Waals surface area contributed by atoms with Gasteiger partial charge in [-0.15, -0.1) is 0 Å². The molecule has 9 atom stereocenters. The minimum absolute atomic E-state index is 0.0247. The highest BCUT2D eigenvalue weighted by Crippen LogP contribution is 2.72. The second kappa shape index (κ2) is 9.77. The Bertz CT molecular complexity index is 1550. The second-order valence-electron chi connectivity index (χ2n) is 13.8. The van der Waals surface area contributed by atoms with E-state index in [0.29, 0.717) is 24.8 Å². The number of aryl methyl sites for hydroxylation is 1. The first-order valence-electron chi connectivity index (χ1n) is 15.4. The Morgan fingerprint density at radius 1 is 1.09 bits per heavy atom. The maximum atomic E-state index is 17.5. The molecular weight excluding hydrogens is 547 g/mol. The van der Waals surface area contributed by atoms with E-state index in [9.17, 15) is 19.8 Å². The molecule has 43 heavy (non-hydrogen) atoms. The summed E-state index contributed by atoms with van der Waals surface area (Å²) in [6.45, 7) is 5.01. The van der Waals surface area contributed by atoms with Crippen LogP contribution in [0.3, 0.4) is 0 Å². The first-order chi connectivity index (χ1) is 20.5. The summed E-state index contributed by atoms with van der Waals surface area (Å²) in [7, 11) is 0. The zero-order chi connectivity index (χ0) is 30.4. The van der Waals surface area contributed by atoms with E-state index in [1.807, 2.05) is 31.2 Å². The fourth-order valence-electron chi connectivity index (χ4n) is 9.57. The van der Waals surface area contributed by atoms with Crippen molar-refractivity contribution in [1.29, 1.82) is 0 Å². The molecule has 0 radical (unpaired) electrons. The monoisotopic (exact) mass is 586 g/mol. The molecule has 3 saturated carbocycles. The fourth-order valence-corrected chi connectivity index (χ4v) is 9.57. The molecule has 2 aromatic carbocycles. The Kier molecular flexibility index (Phi) is 6.54. The predicted molar refractivity (Wildman–Crippen MR) is 158 cm³/mol. The quantitative estimate of drug-likeness (QED) is 0.495. The van der Waals surface area contributed by atoms with E-state index in [4.69, 9.17) is 9.47 Å². The van der Waals surface area contributed by atoms with Gasteiger partial charge in [-0.25, -0.2) is 4.39 Å². The van der Waals surface area contributed by atoms with Crippen LogP contribution in [0, 0.1) is 29.6 Å². The third-order valence-corrected chi connectivity index (χ3v) is 11.7. The molecule has 4 aliphatic carbocycles. The Hall–Kier alpha value is -2.97. The van der Waals surface area contributed by atoms with Gasteiger partial charge < -0.3 is 19.7 Å². The summed E-state index contributed by atoms with van der Waals surface area (Å²) in [5.41, 5.74) is -0.600. The van der Waals surface area contributed by atoms with Gasteiger partial charge in [0.15, 0.2) is 29.1 Å². The predicted octanol–water partition coefficient (Wildman–Crippen LogP) is 5.28. The Balaban J connectivity index is 1.20.